The van der Waals surface area contributed by atoms with E-state index in [2.05, 4.69) is 25.3 Å². The lowest BCUT2D eigenvalue weighted by Gasteiger charge is -2.05. The summed E-state index contributed by atoms with van der Waals surface area (Å²) in [4.78, 5) is 25.1. The molecule has 0 unspecified atom stereocenters. The van der Waals surface area contributed by atoms with Gasteiger partial charge in [0.2, 0.25) is 0 Å². The van der Waals surface area contributed by atoms with Crippen molar-refractivity contribution in [2.45, 2.75) is 12.8 Å². The van der Waals surface area contributed by atoms with E-state index >= 15 is 0 Å². The summed E-state index contributed by atoms with van der Waals surface area (Å²) in [5.74, 6) is -0.419. The molecule has 16 heavy (non-hydrogen) atoms. The van der Waals surface area contributed by atoms with Crippen LogP contribution in [-0.2, 0) is 4.79 Å². The first-order valence-electron chi connectivity index (χ1n) is 4.85. The monoisotopic (exact) mass is 220 g/mol. The Labute approximate surface area is 90.9 Å². The number of imidazole rings is 1. The second-order valence-electron chi connectivity index (χ2n) is 3.23. The molecule has 0 aliphatic heterocycles. The molecule has 0 saturated carbocycles. The first-order valence-corrected chi connectivity index (χ1v) is 4.85. The number of carbonyl (C=O) groups is 1. The molecule has 0 spiro atoms. The Hall–Kier alpha value is -2.18. The number of carboxylic acids is 1. The molecule has 0 fully saturated rings. The number of nitrogens with zero attached hydrogens (tertiary/aromatic N) is 3. The van der Waals surface area contributed by atoms with Gasteiger partial charge in [0.1, 0.15) is 11.8 Å². The summed E-state index contributed by atoms with van der Waals surface area (Å²) < 4.78 is 0. The van der Waals surface area contributed by atoms with Crippen molar-refractivity contribution in [3.8, 4) is 0 Å². The van der Waals surface area contributed by atoms with Crippen molar-refractivity contribution in [3.63, 3.8) is 0 Å². The fraction of sp³-hybridized carbons (Fsp3) is 0.333. The summed E-state index contributed by atoms with van der Waals surface area (Å²) in [5, 5.41) is 13.2. The SMILES string of the molecule is O=C([O-])CCCNc1ncnc2nc[nH]c12. The number of anilines is 1. The van der Waals surface area contributed by atoms with Gasteiger partial charge in [-0.05, 0) is 12.8 Å². The van der Waals surface area contributed by atoms with Crippen molar-refractivity contribution in [2.75, 3.05) is 11.9 Å². The van der Waals surface area contributed by atoms with Gasteiger partial charge < -0.3 is 20.2 Å². The van der Waals surface area contributed by atoms with Crippen molar-refractivity contribution in [2.24, 2.45) is 0 Å². The fourth-order valence-corrected chi connectivity index (χ4v) is 1.34. The Kier molecular flexibility index (Phi) is 2.95. The highest BCUT2D eigenvalue weighted by molar-refractivity contribution is 5.81. The average Bonchev–Trinajstić information content (AvgIpc) is 2.72. The molecule has 2 aromatic heterocycles. The molecule has 0 amide bonds. The summed E-state index contributed by atoms with van der Waals surface area (Å²) in [6.45, 7) is 0.513. The molecule has 0 bridgehead atoms. The lowest BCUT2D eigenvalue weighted by atomic mass is 10.3. The number of rotatable bonds is 5. The Bertz CT molecular complexity index is 495. The number of hydrogen-bond acceptors (Lipinski definition) is 6. The molecule has 7 nitrogen and oxygen atoms in total. The maximum Gasteiger partial charge on any atom is 0.182 e. The molecule has 7 heteroatoms. The lowest BCUT2D eigenvalue weighted by molar-refractivity contribution is -0.305. The zero-order chi connectivity index (χ0) is 11.4. The van der Waals surface area contributed by atoms with Crippen molar-refractivity contribution in [1.82, 2.24) is 19.9 Å². The largest absolute Gasteiger partial charge is 0.550 e. The normalized spacial score (nSPS) is 10.5. The first-order chi connectivity index (χ1) is 7.77. The minimum Gasteiger partial charge on any atom is -0.550 e. The summed E-state index contributed by atoms with van der Waals surface area (Å²) in [6.07, 6.45) is 3.46. The average molecular weight is 220 g/mol. The number of nitrogens with one attached hydrogen (secondary N) is 2. The zero-order valence-corrected chi connectivity index (χ0v) is 8.43. The molecule has 2 aromatic rings. The Balaban J connectivity index is 1.98. The van der Waals surface area contributed by atoms with E-state index < -0.39 is 5.97 Å². The van der Waals surface area contributed by atoms with Gasteiger partial charge in [0.15, 0.2) is 11.5 Å². The third-order valence-corrected chi connectivity index (χ3v) is 2.07. The van der Waals surface area contributed by atoms with Gasteiger partial charge in [-0.2, -0.15) is 0 Å². The van der Waals surface area contributed by atoms with Crippen LogP contribution in [0.15, 0.2) is 12.7 Å². The molecule has 0 aliphatic rings. The van der Waals surface area contributed by atoms with Crippen molar-refractivity contribution >= 4 is 23.0 Å². The molecule has 0 atom stereocenters. The molecule has 2 heterocycles. The quantitative estimate of drug-likeness (QED) is 0.645. The van der Waals surface area contributed by atoms with Gasteiger partial charge in [0.05, 0.1) is 6.33 Å². The third-order valence-electron chi connectivity index (χ3n) is 2.07. The van der Waals surface area contributed by atoms with Crippen LogP contribution in [0, 0.1) is 0 Å². The highest BCUT2D eigenvalue weighted by Gasteiger charge is 2.03. The maximum absolute atomic E-state index is 10.2. The minimum absolute atomic E-state index is 0.0319. The Morgan fingerprint density at radius 2 is 2.31 bits per heavy atom. The number of hydrogen-bond donors (Lipinski definition) is 2. The predicted octanol–water partition coefficient (Wildman–Crippen LogP) is -0.705. The van der Waals surface area contributed by atoms with Crippen molar-refractivity contribution in [3.05, 3.63) is 12.7 Å². The van der Waals surface area contributed by atoms with Gasteiger partial charge in [-0.3, -0.25) is 0 Å². The second-order valence-corrected chi connectivity index (χ2v) is 3.23. The van der Waals surface area contributed by atoms with Gasteiger partial charge in [-0.15, -0.1) is 0 Å². The number of H-pyrrole nitrogens is 1. The Morgan fingerprint density at radius 1 is 1.44 bits per heavy atom. The molecule has 0 saturated heterocycles. The van der Waals surface area contributed by atoms with E-state index in [1.807, 2.05) is 0 Å². The van der Waals surface area contributed by atoms with Crippen LogP contribution in [-0.4, -0.2) is 32.4 Å². The Morgan fingerprint density at radius 3 is 3.12 bits per heavy atom. The standard InChI is InChI=1S/C9H11N5O2/c15-6(16)2-1-3-10-8-7-9(12-4-11-7)14-5-13-8/h4-5H,1-3H2,(H,15,16)(H2,10,11,12,13,14)/p-1. The minimum atomic E-state index is -1.05. The number of aromatic amines is 1. The fourth-order valence-electron chi connectivity index (χ4n) is 1.34. The molecule has 0 aromatic carbocycles. The van der Waals surface area contributed by atoms with Gasteiger partial charge in [-0.25, -0.2) is 15.0 Å². The summed E-state index contributed by atoms with van der Waals surface area (Å²) >= 11 is 0. The lowest BCUT2D eigenvalue weighted by Crippen LogP contribution is -2.22. The maximum atomic E-state index is 10.2. The molecule has 84 valence electrons. The van der Waals surface area contributed by atoms with E-state index in [0.29, 0.717) is 24.4 Å². The van der Waals surface area contributed by atoms with Crippen molar-refractivity contribution in [1.29, 1.82) is 0 Å². The van der Waals surface area contributed by atoms with E-state index in [4.69, 9.17) is 0 Å². The van der Waals surface area contributed by atoms with Crippen LogP contribution in [0.25, 0.3) is 11.2 Å². The highest BCUT2D eigenvalue weighted by atomic mass is 16.4. The van der Waals surface area contributed by atoms with Crippen LogP contribution in [0.5, 0.6) is 0 Å². The van der Waals surface area contributed by atoms with Crippen LogP contribution >= 0.6 is 0 Å². The molecular formula is C9H10N5O2-. The van der Waals surface area contributed by atoms with E-state index in [0.717, 1.165) is 5.52 Å². The summed E-state index contributed by atoms with van der Waals surface area (Å²) in [5.41, 5.74) is 1.30. The number of carboxylic acid groups (broad SMARTS) is 1. The molecule has 0 radical (unpaired) electrons. The van der Waals surface area contributed by atoms with Crippen LogP contribution < -0.4 is 10.4 Å². The molecular weight excluding hydrogens is 210 g/mol. The zero-order valence-electron chi connectivity index (χ0n) is 8.43. The van der Waals surface area contributed by atoms with Gasteiger partial charge in [-0.1, -0.05) is 0 Å². The first kappa shape index (κ1) is 10.3. The van der Waals surface area contributed by atoms with Crippen LogP contribution in [0.3, 0.4) is 0 Å². The smallest absolute Gasteiger partial charge is 0.182 e. The summed E-state index contributed by atoms with van der Waals surface area (Å²) in [6, 6.07) is 0. The van der Waals surface area contributed by atoms with Crippen LogP contribution in [0.2, 0.25) is 0 Å². The third kappa shape index (κ3) is 2.25. The number of carbonyl (C=O) groups excluding carboxylic acids is 1. The summed E-state index contributed by atoms with van der Waals surface area (Å²) in [7, 11) is 0. The number of fused-ring (bicyclic) bond motifs is 1. The molecule has 2 rings (SSSR count). The topological polar surface area (TPSA) is 107 Å². The second kappa shape index (κ2) is 4.56. The van der Waals surface area contributed by atoms with Gasteiger partial charge >= 0.3 is 0 Å². The van der Waals surface area contributed by atoms with E-state index in [1.165, 1.54) is 12.7 Å². The van der Waals surface area contributed by atoms with Gasteiger partial charge in [0.25, 0.3) is 0 Å². The highest BCUT2D eigenvalue weighted by Crippen LogP contribution is 2.13. The van der Waals surface area contributed by atoms with E-state index in [-0.39, 0.29) is 6.42 Å². The van der Waals surface area contributed by atoms with Crippen molar-refractivity contribution < 1.29 is 9.90 Å². The van der Waals surface area contributed by atoms with Gasteiger partial charge in [0, 0.05) is 12.5 Å². The van der Waals surface area contributed by atoms with Crippen LogP contribution in [0.1, 0.15) is 12.8 Å². The predicted molar refractivity (Wildman–Crippen MR) is 54.4 cm³/mol. The molecule has 0 aliphatic carbocycles. The molecule has 2 N–H and O–H groups in total. The van der Waals surface area contributed by atoms with E-state index in [1.54, 1.807) is 0 Å². The van der Waals surface area contributed by atoms with Crippen LogP contribution in [0.4, 0.5) is 5.82 Å². The van der Waals surface area contributed by atoms with E-state index in [9.17, 15) is 9.90 Å². The number of aliphatic carboxylic acids is 1. The number of aromatic nitrogens is 4.